The van der Waals surface area contributed by atoms with Gasteiger partial charge in [-0.25, -0.2) is 0 Å². The number of amides is 1. The van der Waals surface area contributed by atoms with Crippen LogP contribution in [0.5, 0.6) is 11.5 Å². The third kappa shape index (κ3) is 5.82. The van der Waals surface area contributed by atoms with Crippen molar-refractivity contribution in [2.75, 3.05) is 19.8 Å². The number of ether oxygens (including phenoxy) is 2. The molecule has 1 N–H and O–H groups in total. The fourth-order valence-electron chi connectivity index (χ4n) is 2.27. The molecule has 4 nitrogen and oxygen atoms in total. The number of aryl methyl sites for hydroxylation is 1. The average Bonchev–Trinajstić information content (AvgIpc) is 2.60. The maximum Gasteiger partial charge on any atom is 0.251 e. The topological polar surface area (TPSA) is 47.6 Å². The van der Waals surface area contributed by atoms with Crippen LogP contribution >= 0.6 is 0 Å². The molecule has 1 amide bonds. The Labute approximate surface area is 150 Å². The fourth-order valence-corrected chi connectivity index (χ4v) is 2.27. The zero-order valence-electron chi connectivity index (χ0n) is 15.5. The molecule has 2 aromatic carbocycles. The number of rotatable bonds is 8. The summed E-state index contributed by atoms with van der Waals surface area (Å²) in [5.41, 5.74) is 2.94. The molecule has 0 aliphatic rings. The molecule has 0 aromatic heterocycles. The van der Waals surface area contributed by atoms with Gasteiger partial charge in [0.15, 0.2) is 0 Å². The van der Waals surface area contributed by atoms with Gasteiger partial charge in [-0.2, -0.15) is 0 Å². The molecule has 0 bridgehead atoms. The summed E-state index contributed by atoms with van der Waals surface area (Å²) in [5, 5.41) is 2.87. The van der Waals surface area contributed by atoms with E-state index in [1.807, 2.05) is 31.2 Å². The minimum absolute atomic E-state index is 0.111. The highest BCUT2D eigenvalue weighted by molar-refractivity contribution is 5.94. The van der Waals surface area contributed by atoms with Crippen molar-refractivity contribution in [2.24, 2.45) is 5.92 Å². The maximum atomic E-state index is 12.1. The van der Waals surface area contributed by atoms with Crippen LogP contribution in [0.15, 0.2) is 42.5 Å². The largest absolute Gasteiger partial charge is 0.493 e. The van der Waals surface area contributed by atoms with E-state index in [1.54, 1.807) is 12.1 Å². The first-order valence-electron chi connectivity index (χ1n) is 8.67. The van der Waals surface area contributed by atoms with Crippen LogP contribution in [0.2, 0.25) is 0 Å². The van der Waals surface area contributed by atoms with Crippen LogP contribution in [-0.2, 0) is 0 Å². The van der Waals surface area contributed by atoms with Crippen LogP contribution in [0.1, 0.15) is 35.3 Å². The average molecular weight is 341 g/mol. The first-order chi connectivity index (χ1) is 12.0. The lowest BCUT2D eigenvalue weighted by molar-refractivity contribution is 0.0947. The number of nitrogens with one attached hydrogen (secondary N) is 1. The van der Waals surface area contributed by atoms with E-state index in [-0.39, 0.29) is 5.91 Å². The number of benzene rings is 2. The van der Waals surface area contributed by atoms with Crippen LogP contribution in [-0.4, -0.2) is 25.7 Å². The molecular weight excluding hydrogens is 314 g/mol. The van der Waals surface area contributed by atoms with Gasteiger partial charge >= 0.3 is 0 Å². The smallest absolute Gasteiger partial charge is 0.251 e. The van der Waals surface area contributed by atoms with Crippen LogP contribution < -0.4 is 14.8 Å². The maximum absolute atomic E-state index is 12.1. The Bertz CT molecular complexity index is 693. The summed E-state index contributed by atoms with van der Waals surface area (Å²) in [5.74, 6) is 2.00. The van der Waals surface area contributed by atoms with E-state index in [0.717, 1.165) is 17.1 Å². The van der Waals surface area contributed by atoms with E-state index in [1.165, 1.54) is 5.56 Å². The standard InChI is InChI=1S/C21H27NO3/c1-15(2)14-25-19-10-8-18(9-11-19)21(23)22-12-13-24-20-7-5-6-16(3)17(20)4/h5-11,15H,12-14H2,1-4H3,(H,22,23). The predicted octanol–water partition coefficient (Wildman–Crippen LogP) is 4.15. The summed E-state index contributed by atoms with van der Waals surface area (Å²) in [6.07, 6.45) is 0. The lowest BCUT2D eigenvalue weighted by Crippen LogP contribution is -2.28. The molecule has 0 unspecified atom stereocenters. The Morgan fingerprint density at radius 3 is 2.44 bits per heavy atom. The van der Waals surface area contributed by atoms with E-state index in [4.69, 9.17) is 9.47 Å². The van der Waals surface area contributed by atoms with Crippen LogP contribution in [0.3, 0.4) is 0 Å². The Morgan fingerprint density at radius 1 is 1.04 bits per heavy atom. The molecule has 0 fully saturated rings. The monoisotopic (exact) mass is 341 g/mol. The van der Waals surface area contributed by atoms with E-state index in [9.17, 15) is 4.79 Å². The van der Waals surface area contributed by atoms with Gasteiger partial charge in [-0.05, 0) is 61.2 Å². The quantitative estimate of drug-likeness (QED) is 0.734. The highest BCUT2D eigenvalue weighted by Gasteiger charge is 2.06. The lowest BCUT2D eigenvalue weighted by atomic mass is 10.1. The van der Waals surface area contributed by atoms with Gasteiger partial charge in [-0.1, -0.05) is 26.0 Å². The zero-order valence-corrected chi connectivity index (χ0v) is 15.5. The van der Waals surface area contributed by atoms with Gasteiger partial charge < -0.3 is 14.8 Å². The molecule has 0 spiro atoms. The number of carbonyl (C=O) groups excluding carboxylic acids is 1. The van der Waals surface area contributed by atoms with Crippen molar-refractivity contribution in [1.82, 2.24) is 5.32 Å². The van der Waals surface area contributed by atoms with Crippen molar-refractivity contribution in [1.29, 1.82) is 0 Å². The third-order valence-electron chi connectivity index (χ3n) is 3.90. The molecule has 0 atom stereocenters. The van der Waals surface area contributed by atoms with Gasteiger partial charge in [0.25, 0.3) is 5.91 Å². The molecule has 0 aliphatic heterocycles. The molecule has 0 saturated carbocycles. The highest BCUT2D eigenvalue weighted by atomic mass is 16.5. The SMILES string of the molecule is Cc1cccc(OCCNC(=O)c2ccc(OCC(C)C)cc2)c1C. The van der Waals surface area contributed by atoms with Crippen molar-refractivity contribution >= 4 is 5.91 Å². The van der Waals surface area contributed by atoms with Crippen molar-refractivity contribution in [3.8, 4) is 11.5 Å². The Morgan fingerprint density at radius 2 is 1.76 bits per heavy atom. The zero-order chi connectivity index (χ0) is 18.2. The Hall–Kier alpha value is -2.49. The molecule has 2 aromatic rings. The number of hydrogen-bond donors (Lipinski definition) is 1. The van der Waals surface area contributed by atoms with Crippen molar-refractivity contribution in [2.45, 2.75) is 27.7 Å². The second kappa shape index (κ2) is 9.11. The fraction of sp³-hybridized carbons (Fsp3) is 0.381. The van der Waals surface area contributed by atoms with Crippen molar-refractivity contribution in [3.05, 3.63) is 59.2 Å². The van der Waals surface area contributed by atoms with Crippen molar-refractivity contribution in [3.63, 3.8) is 0 Å². The van der Waals surface area contributed by atoms with Crippen LogP contribution in [0.25, 0.3) is 0 Å². The van der Waals surface area contributed by atoms with Crippen molar-refractivity contribution < 1.29 is 14.3 Å². The molecule has 25 heavy (non-hydrogen) atoms. The van der Waals surface area contributed by atoms with Crippen LogP contribution in [0, 0.1) is 19.8 Å². The molecule has 0 heterocycles. The number of hydrogen-bond acceptors (Lipinski definition) is 3. The number of carbonyl (C=O) groups is 1. The van der Waals surface area contributed by atoms with Gasteiger partial charge in [0.05, 0.1) is 13.2 Å². The summed E-state index contributed by atoms with van der Waals surface area (Å²) in [6, 6.07) is 13.2. The predicted molar refractivity (Wildman–Crippen MR) is 101 cm³/mol. The Kier molecular flexibility index (Phi) is 6.87. The normalized spacial score (nSPS) is 10.6. The second-order valence-electron chi connectivity index (χ2n) is 6.53. The highest BCUT2D eigenvalue weighted by Crippen LogP contribution is 2.20. The van der Waals surface area contributed by atoms with Gasteiger partial charge in [0.2, 0.25) is 0 Å². The minimum Gasteiger partial charge on any atom is -0.493 e. The molecule has 4 heteroatoms. The summed E-state index contributed by atoms with van der Waals surface area (Å²) in [4.78, 5) is 12.1. The molecule has 0 saturated heterocycles. The van der Waals surface area contributed by atoms with E-state index >= 15 is 0 Å². The molecule has 0 radical (unpaired) electrons. The van der Waals surface area contributed by atoms with E-state index in [2.05, 4.69) is 32.2 Å². The molecule has 0 aliphatic carbocycles. The minimum atomic E-state index is -0.111. The Balaban J connectivity index is 1.77. The van der Waals surface area contributed by atoms with Gasteiger partial charge in [0, 0.05) is 5.56 Å². The van der Waals surface area contributed by atoms with E-state index in [0.29, 0.717) is 31.2 Å². The lowest BCUT2D eigenvalue weighted by Gasteiger charge is -2.12. The summed E-state index contributed by atoms with van der Waals surface area (Å²) < 4.78 is 11.4. The van der Waals surface area contributed by atoms with Gasteiger partial charge in [-0.3, -0.25) is 4.79 Å². The van der Waals surface area contributed by atoms with Crippen LogP contribution in [0.4, 0.5) is 0 Å². The first kappa shape index (κ1) is 18.8. The molecule has 134 valence electrons. The second-order valence-corrected chi connectivity index (χ2v) is 6.53. The van der Waals surface area contributed by atoms with Gasteiger partial charge in [0.1, 0.15) is 18.1 Å². The molecule has 2 rings (SSSR count). The first-order valence-corrected chi connectivity index (χ1v) is 8.67. The summed E-state index contributed by atoms with van der Waals surface area (Å²) in [6.45, 7) is 9.85. The van der Waals surface area contributed by atoms with E-state index < -0.39 is 0 Å². The summed E-state index contributed by atoms with van der Waals surface area (Å²) in [7, 11) is 0. The van der Waals surface area contributed by atoms with Gasteiger partial charge in [-0.15, -0.1) is 0 Å². The summed E-state index contributed by atoms with van der Waals surface area (Å²) >= 11 is 0. The molecular formula is C21H27NO3. The third-order valence-corrected chi connectivity index (χ3v) is 3.90.